The number of nitrogens with one attached hydrogen (secondary N) is 2. The summed E-state index contributed by atoms with van der Waals surface area (Å²) in [6.45, 7) is 1.44. The maximum Gasteiger partial charge on any atom is 0.221 e. The maximum atomic E-state index is 11.3. The molecule has 0 aromatic rings. The standard InChI is InChI=1S/C10H18N6O/c11-9(12)15-10(13)16-4-3-7-6(5-16)1-2-8(17)14-7/h6-7H,1-5H2,(H,14,17)(H5,11,12,13,15). The molecular formula is C10H18N6O. The topological polar surface area (TPSA) is 121 Å². The third-order valence-electron chi connectivity index (χ3n) is 3.36. The average Bonchev–Trinajstić information content (AvgIpc) is 2.27. The summed E-state index contributed by atoms with van der Waals surface area (Å²) in [7, 11) is 0. The number of carbonyl (C=O) groups excluding carboxylic acids is 1. The van der Waals surface area contributed by atoms with E-state index in [1.807, 2.05) is 4.90 Å². The van der Waals surface area contributed by atoms with E-state index in [0.29, 0.717) is 18.9 Å². The summed E-state index contributed by atoms with van der Waals surface area (Å²) in [5.41, 5.74) is 10.5. The molecule has 7 heteroatoms. The molecule has 2 fully saturated rings. The van der Waals surface area contributed by atoms with Crippen molar-refractivity contribution in [2.24, 2.45) is 22.4 Å². The molecule has 0 aliphatic carbocycles. The van der Waals surface area contributed by atoms with Gasteiger partial charge in [-0.1, -0.05) is 0 Å². The molecule has 2 aliphatic heterocycles. The Balaban J connectivity index is 1.96. The number of likely N-dealkylation sites (tertiary alicyclic amines) is 1. The smallest absolute Gasteiger partial charge is 0.221 e. The molecule has 2 unspecified atom stereocenters. The summed E-state index contributed by atoms with van der Waals surface area (Å²) < 4.78 is 0. The zero-order valence-corrected chi connectivity index (χ0v) is 9.65. The number of guanidine groups is 2. The fraction of sp³-hybridized carbons (Fsp3) is 0.700. The van der Waals surface area contributed by atoms with E-state index in [-0.39, 0.29) is 23.9 Å². The van der Waals surface area contributed by atoms with Crippen LogP contribution in [0.5, 0.6) is 0 Å². The molecular weight excluding hydrogens is 220 g/mol. The molecule has 2 heterocycles. The average molecular weight is 238 g/mol. The van der Waals surface area contributed by atoms with Crippen molar-refractivity contribution in [1.29, 1.82) is 5.41 Å². The molecule has 6 N–H and O–H groups in total. The summed E-state index contributed by atoms with van der Waals surface area (Å²) in [5.74, 6) is 0.560. The van der Waals surface area contributed by atoms with Crippen LogP contribution in [0.3, 0.4) is 0 Å². The van der Waals surface area contributed by atoms with E-state index >= 15 is 0 Å². The van der Waals surface area contributed by atoms with E-state index in [2.05, 4.69) is 10.3 Å². The number of nitrogens with two attached hydrogens (primary N) is 2. The summed E-state index contributed by atoms with van der Waals surface area (Å²) in [5, 5.41) is 10.7. The number of hydrogen-bond acceptors (Lipinski definition) is 2. The fourth-order valence-electron chi connectivity index (χ4n) is 2.50. The summed E-state index contributed by atoms with van der Waals surface area (Å²) >= 11 is 0. The van der Waals surface area contributed by atoms with Gasteiger partial charge in [0.05, 0.1) is 0 Å². The Morgan fingerprint density at radius 1 is 1.47 bits per heavy atom. The van der Waals surface area contributed by atoms with Crippen LogP contribution in [0.4, 0.5) is 0 Å². The first-order chi connectivity index (χ1) is 8.06. The Morgan fingerprint density at radius 3 is 2.94 bits per heavy atom. The highest BCUT2D eigenvalue weighted by molar-refractivity contribution is 5.91. The minimum absolute atomic E-state index is 0.0888. The van der Waals surface area contributed by atoms with Gasteiger partial charge in [0.15, 0.2) is 5.96 Å². The van der Waals surface area contributed by atoms with Gasteiger partial charge >= 0.3 is 0 Å². The summed E-state index contributed by atoms with van der Waals surface area (Å²) in [4.78, 5) is 16.9. The highest BCUT2D eigenvalue weighted by Gasteiger charge is 2.34. The van der Waals surface area contributed by atoms with Crippen LogP contribution in [0.15, 0.2) is 4.99 Å². The molecule has 0 aromatic carbocycles. The van der Waals surface area contributed by atoms with Crippen molar-refractivity contribution in [1.82, 2.24) is 10.2 Å². The molecule has 0 aromatic heterocycles. The van der Waals surface area contributed by atoms with Gasteiger partial charge in [-0.05, 0) is 18.8 Å². The Bertz CT molecular complexity index is 362. The molecule has 2 aliphatic rings. The molecule has 2 saturated heterocycles. The quantitative estimate of drug-likeness (QED) is 0.313. The molecule has 2 rings (SSSR count). The number of fused-ring (bicyclic) bond motifs is 1. The first-order valence-electron chi connectivity index (χ1n) is 5.79. The number of nitrogens with zero attached hydrogens (tertiary/aromatic N) is 2. The van der Waals surface area contributed by atoms with Crippen molar-refractivity contribution < 1.29 is 4.79 Å². The second kappa shape index (κ2) is 4.60. The number of aliphatic imine (C=N–C) groups is 1. The lowest BCUT2D eigenvalue weighted by Gasteiger charge is -2.41. The monoisotopic (exact) mass is 238 g/mol. The van der Waals surface area contributed by atoms with Crippen molar-refractivity contribution in [2.75, 3.05) is 13.1 Å². The van der Waals surface area contributed by atoms with Crippen LogP contribution in [0.25, 0.3) is 0 Å². The lowest BCUT2D eigenvalue weighted by atomic mass is 9.85. The van der Waals surface area contributed by atoms with Gasteiger partial charge in [0.2, 0.25) is 11.9 Å². The second-order valence-electron chi connectivity index (χ2n) is 4.57. The van der Waals surface area contributed by atoms with Gasteiger partial charge in [0.25, 0.3) is 0 Å². The number of rotatable bonds is 0. The fourth-order valence-corrected chi connectivity index (χ4v) is 2.50. The van der Waals surface area contributed by atoms with Crippen molar-refractivity contribution in [3.05, 3.63) is 0 Å². The van der Waals surface area contributed by atoms with Crippen molar-refractivity contribution in [3.63, 3.8) is 0 Å². The lowest BCUT2D eigenvalue weighted by molar-refractivity contribution is -0.125. The summed E-state index contributed by atoms with van der Waals surface area (Å²) in [6.07, 6.45) is 2.30. The molecule has 17 heavy (non-hydrogen) atoms. The van der Waals surface area contributed by atoms with E-state index in [4.69, 9.17) is 16.9 Å². The van der Waals surface area contributed by atoms with E-state index in [1.54, 1.807) is 0 Å². The third kappa shape index (κ3) is 2.66. The first-order valence-corrected chi connectivity index (χ1v) is 5.79. The minimum Gasteiger partial charge on any atom is -0.370 e. The SMILES string of the molecule is N=C(N=C(N)N)N1CCC2NC(=O)CCC2C1. The predicted molar refractivity (Wildman–Crippen MR) is 64.4 cm³/mol. The lowest BCUT2D eigenvalue weighted by Crippen LogP contribution is -2.55. The zero-order valence-electron chi connectivity index (χ0n) is 9.65. The maximum absolute atomic E-state index is 11.3. The van der Waals surface area contributed by atoms with Gasteiger partial charge in [0.1, 0.15) is 0 Å². The van der Waals surface area contributed by atoms with Crippen molar-refractivity contribution in [3.8, 4) is 0 Å². The minimum atomic E-state index is -0.0888. The van der Waals surface area contributed by atoms with Gasteiger partial charge in [-0.15, -0.1) is 0 Å². The Labute approximate surface area is 99.7 Å². The Morgan fingerprint density at radius 2 is 2.24 bits per heavy atom. The highest BCUT2D eigenvalue weighted by atomic mass is 16.1. The van der Waals surface area contributed by atoms with Gasteiger partial charge in [-0.2, -0.15) is 4.99 Å². The van der Waals surface area contributed by atoms with Crippen LogP contribution in [0, 0.1) is 11.3 Å². The van der Waals surface area contributed by atoms with Crippen LogP contribution < -0.4 is 16.8 Å². The second-order valence-corrected chi connectivity index (χ2v) is 4.57. The van der Waals surface area contributed by atoms with Crippen LogP contribution in [-0.4, -0.2) is 41.9 Å². The van der Waals surface area contributed by atoms with Gasteiger partial charge in [-0.25, -0.2) is 0 Å². The predicted octanol–water partition coefficient (Wildman–Crippen LogP) is -1.20. The van der Waals surface area contributed by atoms with E-state index < -0.39 is 0 Å². The third-order valence-corrected chi connectivity index (χ3v) is 3.36. The van der Waals surface area contributed by atoms with Gasteiger partial charge in [-0.3, -0.25) is 10.2 Å². The van der Waals surface area contributed by atoms with Crippen molar-refractivity contribution in [2.45, 2.75) is 25.3 Å². The molecule has 0 bridgehead atoms. The molecule has 0 saturated carbocycles. The van der Waals surface area contributed by atoms with Crippen LogP contribution in [0.1, 0.15) is 19.3 Å². The Hall–Kier alpha value is -1.79. The van der Waals surface area contributed by atoms with Crippen molar-refractivity contribution >= 4 is 17.8 Å². The highest BCUT2D eigenvalue weighted by Crippen LogP contribution is 2.25. The van der Waals surface area contributed by atoms with Crippen LogP contribution in [-0.2, 0) is 4.79 Å². The molecule has 0 spiro atoms. The molecule has 1 amide bonds. The number of hydrogen-bond donors (Lipinski definition) is 4. The number of amides is 1. The normalized spacial score (nSPS) is 28.0. The zero-order chi connectivity index (χ0) is 12.4. The van der Waals surface area contributed by atoms with E-state index in [1.165, 1.54) is 0 Å². The molecule has 7 nitrogen and oxygen atoms in total. The van der Waals surface area contributed by atoms with Crippen LogP contribution in [0.2, 0.25) is 0 Å². The summed E-state index contributed by atoms with van der Waals surface area (Å²) in [6, 6.07) is 0.250. The largest absolute Gasteiger partial charge is 0.370 e. The van der Waals surface area contributed by atoms with Crippen LogP contribution >= 0.6 is 0 Å². The first kappa shape index (κ1) is 11.7. The molecule has 94 valence electrons. The van der Waals surface area contributed by atoms with Gasteiger partial charge in [0, 0.05) is 25.6 Å². The number of piperidine rings is 2. The van der Waals surface area contributed by atoms with E-state index in [0.717, 1.165) is 19.4 Å². The Kier molecular flexibility index (Phi) is 3.16. The van der Waals surface area contributed by atoms with Gasteiger partial charge < -0.3 is 21.7 Å². The number of carbonyl (C=O) groups is 1. The molecule has 2 atom stereocenters. The van der Waals surface area contributed by atoms with E-state index in [9.17, 15) is 4.79 Å². The molecule has 0 radical (unpaired) electrons.